The number of hydrogen-bond donors (Lipinski definition) is 4. The van der Waals surface area contributed by atoms with E-state index < -0.39 is 14.9 Å². The van der Waals surface area contributed by atoms with Crippen LogP contribution in [-0.4, -0.2) is 57.2 Å². The van der Waals surface area contributed by atoms with Crippen molar-refractivity contribution < 1.29 is 18.4 Å². The van der Waals surface area contributed by atoms with E-state index in [0.717, 1.165) is 18.9 Å². The maximum Gasteiger partial charge on any atom is 0.270 e. The molecular weight excluding hydrogens is 525 g/mol. The molecule has 12 heteroatoms. The number of benzene rings is 1. The van der Waals surface area contributed by atoms with Gasteiger partial charge in [-0.15, -0.1) is 24.0 Å². The number of sulfonamides is 1. The van der Waals surface area contributed by atoms with Crippen molar-refractivity contribution in [3.05, 3.63) is 34.4 Å². The number of guanidine groups is 1. The molecule has 1 unspecified atom stereocenters. The van der Waals surface area contributed by atoms with Gasteiger partial charge in [0.2, 0.25) is 10.0 Å². The minimum Gasteiger partial charge on any atom is -0.396 e. The van der Waals surface area contributed by atoms with E-state index in [0.29, 0.717) is 37.9 Å². The third-order valence-corrected chi connectivity index (χ3v) is 5.59. The van der Waals surface area contributed by atoms with Crippen LogP contribution in [0.2, 0.25) is 0 Å². The second-order valence-electron chi connectivity index (χ2n) is 6.47. The first-order valence-corrected chi connectivity index (χ1v) is 11.2. The zero-order valence-corrected chi connectivity index (χ0v) is 20.5. The highest BCUT2D eigenvalue weighted by Gasteiger charge is 2.17. The summed E-state index contributed by atoms with van der Waals surface area (Å²) in [5.41, 5.74) is -0.280. The Labute approximate surface area is 195 Å². The molecule has 0 aliphatic rings. The topological polar surface area (TPSA) is 146 Å². The number of rotatable bonds is 13. The quantitative estimate of drug-likeness (QED) is 0.0723. The average molecular weight is 557 g/mol. The summed E-state index contributed by atoms with van der Waals surface area (Å²) in [4.78, 5) is 14.5. The molecule has 1 rings (SSSR count). The molecule has 1 aromatic carbocycles. The fourth-order valence-electron chi connectivity index (χ4n) is 2.69. The molecule has 0 saturated heterocycles. The Kier molecular flexibility index (Phi) is 14.5. The molecule has 0 spiro atoms. The molecule has 30 heavy (non-hydrogen) atoms. The summed E-state index contributed by atoms with van der Waals surface area (Å²) in [6.45, 7) is 5.75. The van der Waals surface area contributed by atoms with Crippen molar-refractivity contribution in [1.29, 1.82) is 0 Å². The lowest BCUT2D eigenvalue weighted by molar-refractivity contribution is -0.385. The molecule has 0 heterocycles. The normalized spacial score (nSPS) is 12.7. The summed E-state index contributed by atoms with van der Waals surface area (Å²) < 4.78 is 27.0. The third kappa shape index (κ3) is 10.5. The van der Waals surface area contributed by atoms with E-state index >= 15 is 0 Å². The molecule has 1 atom stereocenters. The summed E-state index contributed by atoms with van der Waals surface area (Å²) in [6.07, 6.45) is 2.69. The summed E-state index contributed by atoms with van der Waals surface area (Å²) >= 11 is 0. The minimum atomic E-state index is -3.85. The van der Waals surface area contributed by atoms with Crippen molar-refractivity contribution in [1.82, 2.24) is 15.4 Å². The summed E-state index contributed by atoms with van der Waals surface area (Å²) in [5, 5.41) is 26.1. The molecular formula is C18H32IN5O5S. The highest BCUT2D eigenvalue weighted by molar-refractivity contribution is 14.0. The second kappa shape index (κ2) is 15.3. The van der Waals surface area contributed by atoms with E-state index in [1.165, 1.54) is 18.2 Å². The van der Waals surface area contributed by atoms with Gasteiger partial charge in [0.1, 0.15) is 0 Å². The van der Waals surface area contributed by atoms with Gasteiger partial charge in [0.25, 0.3) is 5.69 Å². The molecule has 0 saturated carbocycles. The average Bonchev–Trinajstić information content (AvgIpc) is 2.69. The highest BCUT2D eigenvalue weighted by atomic mass is 127. The number of hydrogen-bond acceptors (Lipinski definition) is 6. The third-order valence-electron chi connectivity index (χ3n) is 4.13. The summed E-state index contributed by atoms with van der Waals surface area (Å²) in [6, 6.07) is 4.90. The SMILES string of the molecule is CCCC(CCO)CN=C(NCC)NCCNS(=O)(=O)c1cccc([N+](=O)[O-])c1.I. The Balaban J connectivity index is 0.00000841. The van der Waals surface area contributed by atoms with Crippen molar-refractivity contribution >= 4 is 45.6 Å². The minimum absolute atomic E-state index is 0. The molecule has 172 valence electrons. The second-order valence-corrected chi connectivity index (χ2v) is 8.23. The van der Waals surface area contributed by atoms with E-state index in [2.05, 4.69) is 27.3 Å². The van der Waals surface area contributed by atoms with Crippen molar-refractivity contribution in [3.63, 3.8) is 0 Å². The molecule has 0 aliphatic carbocycles. The van der Waals surface area contributed by atoms with E-state index in [4.69, 9.17) is 5.11 Å². The Hall–Kier alpha value is -1.51. The van der Waals surface area contributed by atoms with Gasteiger partial charge >= 0.3 is 0 Å². The van der Waals surface area contributed by atoms with Gasteiger partial charge in [0.15, 0.2) is 5.96 Å². The molecule has 0 radical (unpaired) electrons. The number of nitrogens with zero attached hydrogens (tertiary/aromatic N) is 2. The zero-order valence-electron chi connectivity index (χ0n) is 17.3. The first-order chi connectivity index (χ1) is 13.8. The van der Waals surface area contributed by atoms with Crippen LogP contribution < -0.4 is 15.4 Å². The van der Waals surface area contributed by atoms with Crippen LogP contribution in [0.1, 0.15) is 33.1 Å². The van der Waals surface area contributed by atoms with E-state index in [1.54, 1.807) is 0 Å². The molecule has 0 aromatic heterocycles. The molecule has 0 bridgehead atoms. The van der Waals surface area contributed by atoms with Gasteiger partial charge in [-0.1, -0.05) is 19.4 Å². The summed E-state index contributed by atoms with van der Waals surface area (Å²) in [7, 11) is -3.85. The lowest BCUT2D eigenvalue weighted by Gasteiger charge is -2.15. The number of nitrogens with one attached hydrogen (secondary N) is 3. The fourth-order valence-corrected chi connectivity index (χ4v) is 3.76. The lowest BCUT2D eigenvalue weighted by Crippen LogP contribution is -2.41. The molecule has 0 amide bonds. The van der Waals surface area contributed by atoms with E-state index in [9.17, 15) is 18.5 Å². The Morgan fingerprint density at radius 2 is 1.97 bits per heavy atom. The molecule has 4 N–H and O–H groups in total. The number of aliphatic imine (C=N–C) groups is 1. The van der Waals surface area contributed by atoms with Crippen molar-refractivity contribution in [2.75, 3.05) is 32.8 Å². The molecule has 1 aromatic rings. The van der Waals surface area contributed by atoms with Gasteiger partial charge in [0, 0.05) is 44.9 Å². The monoisotopic (exact) mass is 557 g/mol. The van der Waals surface area contributed by atoms with Crippen molar-refractivity contribution in [2.45, 2.75) is 38.0 Å². The van der Waals surface area contributed by atoms with Crippen molar-refractivity contribution in [2.24, 2.45) is 10.9 Å². The van der Waals surface area contributed by atoms with Crippen LogP contribution in [-0.2, 0) is 10.0 Å². The standard InChI is InChI=1S/C18H31N5O5S.HI/c1-3-6-15(9-12-24)14-21-18(19-4-2)20-10-11-22-29(27,28)17-8-5-7-16(13-17)23(25)26;/h5,7-8,13,15,22,24H,3-4,6,9-12,14H2,1-2H3,(H2,19,20,21);1H. The van der Waals surface area contributed by atoms with Crippen LogP contribution in [0.15, 0.2) is 34.2 Å². The zero-order chi connectivity index (χ0) is 21.7. The van der Waals surface area contributed by atoms with Crippen LogP contribution in [0.4, 0.5) is 5.69 Å². The predicted octanol–water partition coefficient (Wildman–Crippen LogP) is 1.84. The lowest BCUT2D eigenvalue weighted by atomic mass is 10.0. The summed E-state index contributed by atoms with van der Waals surface area (Å²) in [5.74, 6) is 0.869. The number of non-ortho nitro benzene ring substituents is 1. The van der Waals surface area contributed by atoms with E-state index in [-0.39, 0.29) is 47.7 Å². The molecule has 0 aliphatic heterocycles. The van der Waals surface area contributed by atoms with Gasteiger partial charge in [-0.2, -0.15) is 0 Å². The predicted molar refractivity (Wildman–Crippen MR) is 128 cm³/mol. The van der Waals surface area contributed by atoms with E-state index in [1.807, 2.05) is 6.92 Å². The van der Waals surface area contributed by atoms with Crippen molar-refractivity contribution in [3.8, 4) is 0 Å². The first kappa shape index (κ1) is 28.5. The van der Waals surface area contributed by atoms with Gasteiger partial charge in [-0.25, -0.2) is 13.1 Å². The van der Waals surface area contributed by atoms with Crippen LogP contribution in [0.25, 0.3) is 0 Å². The molecule has 0 fully saturated rings. The molecule has 10 nitrogen and oxygen atoms in total. The van der Waals surface area contributed by atoms with Crippen LogP contribution in [0.3, 0.4) is 0 Å². The van der Waals surface area contributed by atoms with Gasteiger partial charge < -0.3 is 15.7 Å². The van der Waals surface area contributed by atoms with Crippen LogP contribution in [0.5, 0.6) is 0 Å². The number of aliphatic hydroxyl groups excluding tert-OH is 1. The number of nitro groups is 1. The van der Waals surface area contributed by atoms with Gasteiger partial charge in [-0.05, 0) is 31.7 Å². The Morgan fingerprint density at radius 1 is 1.23 bits per heavy atom. The smallest absolute Gasteiger partial charge is 0.270 e. The highest BCUT2D eigenvalue weighted by Crippen LogP contribution is 2.16. The van der Waals surface area contributed by atoms with Gasteiger partial charge in [-0.3, -0.25) is 15.1 Å². The Morgan fingerprint density at radius 3 is 2.57 bits per heavy atom. The maximum absolute atomic E-state index is 12.3. The maximum atomic E-state index is 12.3. The largest absolute Gasteiger partial charge is 0.396 e. The number of nitro benzene ring substituents is 1. The van der Waals surface area contributed by atoms with Crippen LogP contribution >= 0.6 is 24.0 Å². The van der Waals surface area contributed by atoms with Crippen LogP contribution in [0, 0.1) is 16.0 Å². The number of halogens is 1. The fraction of sp³-hybridized carbons (Fsp3) is 0.611. The number of aliphatic hydroxyl groups is 1. The Bertz CT molecular complexity index is 770. The van der Waals surface area contributed by atoms with Gasteiger partial charge in [0.05, 0.1) is 9.82 Å². The first-order valence-electron chi connectivity index (χ1n) is 9.71.